The zero-order valence-electron chi connectivity index (χ0n) is 76.7. The summed E-state index contributed by atoms with van der Waals surface area (Å²) in [7, 11) is 0.948. The molecule has 7 aliphatic rings. The van der Waals surface area contributed by atoms with Crippen LogP contribution >= 0.6 is 47.1 Å². The van der Waals surface area contributed by atoms with Crippen molar-refractivity contribution in [2.75, 3.05) is 58.2 Å². The Balaban J connectivity index is 0.615. The molecule has 16 rings (SSSR count). The van der Waals surface area contributed by atoms with Crippen LogP contribution in [0.15, 0.2) is 103 Å². The minimum Gasteiger partial charge on any atom is -0.780 e. The fraction of sp³-hybridized carbons (Fsp3) is 0.583. The van der Waals surface area contributed by atoms with Crippen LogP contribution in [0.25, 0.3) is 22.3 Å². The Morgan fingerprint density at radius 3 is 1.07 bits per heavy atom. The number of nitrogen functional groups attached to an aromatic ring is 2. The maximum absolute atomic E-state index is 15.0. The minimum absolute atomic E-state index is 0.0164. The first kappa shape index (κ1) is 113. The van der Waals surface area contributed by atoms with Crippen LogP contribution in [0.4, 0.5) is 11.8 Å². The number of aryl methyl sites for hydroxylation is 5. The van der Waals surface area contributed by atoms with Gasteiger partial charge in [0, 0.05) is 98.0 Å². The highest BCUT2D eigenvalue weighted by molar-refractivity contribution is 8.32. The van der Waals surface area contributed by atoms with Crippen molar-refractivity contribution in [3.8, 4) is 0 Å². The van der Waals surface area contributed by atoms with Gasteiger partial charge in [-0.2, -0.15) is 4.98 Å². The number of aromatic amines is 6. The van der Waals surface area contributed by atoms with Crippen molar-refractivity contribution >= 4 is 164 Å². The molecule has 30 atom stereocenters. The maximum atomic E-state index is 15.0. The average Bonchev–Trinajstić information content (AvgIpc) is 1.62. The van der Waals surface area contributed by atoms with Gasteiger partial charge in [0.1, 0.15) is 144 Å². The number of hydrogen-bond acceptors (Lipinski definition) is 55. The van der Waals surface area contributed by atoms with E-state index in [9.17, 15) is 92.0 Å². The number of imidazole rings is 2. The number of aliphatic hydroxyl groups excluding tert-OH is 2. The molecule has 0 radical (unpaired) electrons. The van der Waals surface area contributed by atoms with Crippen molar-refractivity contribution in [1.82, 2.24) is 86.8 Å². The topological polar surface area (TPSA) is 823 Å². The van der Waals surface area contributed by atoms with Gasteiger partial charge in [-0.1, -0.05) is 77.8 Å². The molecule has 12 N–H and O–H groups in total. The lowest BCUT2D eigenvalue weighted by Gasteiger charge is -2.37. The van der Waals surface area contributed by atoms with Crippen molar-refractivity contribution in [1.29, 1.82) is 0 Å². The Kier molecular flexibility index (Phi) is 34.5. The summed E-state index contributed by atoms with van der Waals surface area (Å²) >= 11 is 37.6. The molecule has 9 aromatic heterocycles. The second kappa shape index (κ2) is 45.0. The monoisotopic (exact) mass is 2330 g/mol. The van der Waals surface area contributed by atoms with Crippen molar-refractivity contribution in [3.05, 3.63) is 192 Å². The fourth-order valence-electron chi connectivity index (χ4n) is 16.8. The number of ether oxygens (including phenoxy) is 7. The average molecular weight is 2330 g/mol. The number of aliphatic hydroxyl groups is 2. The van der Waals surface area contributed by atoms with Crippen molar-refractivity contribution in [2.24, 2.45) is 0 Å². The first-order valence-electron chi connectivity index (χ1n) is 43.6. The van der Waals surface area contributed by atoms with Gasteiger partial charge in [-0.25, -0.2) is 43.9 Å². The van der Waals surface area contributed by atoms with Gasteiger partial charge in [-0.05, 0) is 41.0 Å². The standard InChI is InChI=1S/C72H95N20O41P7S7/c1-8-33-34(9-45(120-33)86-14-28(2)59(95)81-68(86)101)127-135(107,142)114-19-39-35(10-46(121-39)87-15-29(3)60(96)82-69(87)102)128-136(108,143)115-20-40-36(11-47(122-40)88-16-30(4)61(97)83-70(88)103)129-137(109,144)117-22-42-38(13-49(124-42)91-26-78-51-58(91)79-67(74)80-64(51)100)131-138(110,145)116-21-41-37(12-48(123-41)89-17-31(5)62(98)84-71(89)104)130-139(111,146)118-23-44-55(52(93)65(125-44)90-18-32(6)63(99)85-72(90)105)133-140(112,147)119-24-43-54(132-134(106,141)113-7)53(94)66(126-43)92-27-77-50-56(73)75-25-76-57(50)92/h14-18,25-27,33-49,52-55,65-66,93-94H,8-13,19-24H2,1-7H3,(H,106,141)(H,107,142)(H,108,143)(H,109,144)(H,110,145)(H,111,146)(H,112,147)(H2,73,75,76)(H,81,95,101)(H,82,96,102)(H,83,97,103)(H,84,98,104)(H,85,99,105)(H3,74,79,80,100)/p-7/t33-,34-,35-,36-,37-,38-,39-,40-,41-,42-,43-,44-,45-,46-,47-,48-,49-,52?,53?,54+,55+,65-,66-,134?,135?,136?,137?,138?,139?,140?/m1/s1. The maximum Gasteiger partial charge on any atom is 0.330 e. The molecule has 16 heterocycles. The molecule has 7 fully saturated rings. The van der Waals surface area contributed by atoms with Gasteiger partial charge in [-0.3, -0.25) is 95.2 Å². The third-order valence-electron chi connectivity index (χ3n) is 24.0. The molecule has 147 heavy (non-hydrogen) atoms. The number of hydrogen-bond donors (Lipinski definition) is 10. The van der Waals surface area contributed by atoms with E-state index in [1.165, 1.54) is 49.9 Å². The van der Waals surface area contributed by atoms with Gasteiger partial charge in [0.25, 0.3) is 33.4 Å². The van der Waals surface area contributed by atoms with Crippen LogP contribution in [-0.2, 0) is 184 Å². The summed E-state index contributed by atoms with van der Waals surface area (Å²) in [6.07, 6.45) is -29.6. The van der Waals surface area contributed by atoms with E-state index < -0.39 is 321 Å². The summed E-state index contributed by atoms with van der Waals surface area (Å²) in [5.41, 5.74) is 1.88. The molecule has 0 bridgehead atoms. The van der Waals surface area contributed by atoms with E-state index in [2.05, 4.69) is 49.8 Å². The number of H-pyrrole nitrogens is 6. The van der Waals surface area contributed by atoms with Gasteiger partial charge in [-0.15, -0.1) is 0 Å². The van der Waals surface area contributed by atoms with Crippen LogP contribution in [-0.4, -0.2) is 241 Å². The van der Waals surface area contributed by atoms with E-state index in [-0.39, 0.29) is 68.8 Å². The minimum atomic E-state index is -5.18. The first-order chi connectivity index (χ1) is 69.0. The van der Waals surface area contributed by atoms with Crippen LogP contribution in [0.2, 0.25) is 0 Å². The van der Waals surface area contributed by atoms with Gasteiger partial charge < -0.3 is 160 Å². The number of nitrogens with one attached hydrogen (secondary N) is 6. The summed E-state index contributed by atoms with van der Waals surface area (Å²) in [4.78, 5) is 263. The van der Waals surface area contributed by atoms with Crippen molar-refractivity contribution in [3.63, 3.8) is 0 Å². The van der Waals surface area contributed by atoms with Crippen molar-refractivity contribution < 1.29 is 141 Å². The molecule has 0 saturated carbocycles. The van der Waals surface area contributed by atoms with Gasteiger partial charge >= 0.3 is 28.4 Å². The van der Waals surface area contributed by atoms with E-state index in [1.807, 2.05) is 4.98 Å². The first-order valence-corrected chi connectivity index (χ1v) is 61.5. The van der Waals surface area contributed by atoms with E-state index in [1.54, 1.807) is 6.92 Å². The largest absolute Gasteiger partial charge is 0.780 e. The lowest BCUT2D eigenvalue weighted by molar-refractivity contribution is -0.222. The molecule has 0 aromatic carbocycles. The summed E-state index contributed by atoms with van der Waals surface area (Å²) in [6.45, 7) is -32.1. The predicted molar refractivity (Wildman–Crippen MR) is 513 cm³/mol. The molecule has 0 amide bonds. The number of rotatable bonds is 41. The van der Waals surface area contributed by atoms with E-state index in [4.69, 9.17) is 191 Å². The van der Waals surface area contributed by atoms with Crippen LogP contribution in [0, 0.1) is 34.6 Å². The quantitative estimate of drug-likeness (QED) is 0.0126. The molecular weight excluding hydrogens is 2240 g/mol. The number of nitrogens with two attached hydrogens (primary N) is 2. The molecular formula is C72H88N20O41P7S7-7. The van der Waals surface area contributed by atoms with E-state index >= 15 is 4.89 Å². The number of nitrogens with zero attached hydrogens (tertiary/aromatic N) is 12. The molecule has 9 aromatic rings. The lowest BCUT2D eigenvalue weighted by Crippen LogP contribution is -2.40. The van der Waals surface area contributed by atoms with Gasteiger partial charge in [0.15, 0.2) is 41.9 Å². The summed E-state index contributed by atoms with van der Waals surface area (Å²) < 4.78 is 145. The number of fused-ring (bicyclic) bond motifs is 2. The fourth-order valence-corrected chi connectivity index (χ4v) is 26.5. The molecule has 7 saturated heterocycles. The highest BCUT2D eigenvalue weighted by atomic mass is 32.7. The molecule has 75 heteroatoms. The van der Waals surface area contributed by atoms with Crippen LogP contribution in [0.1, 0.15) is 117 Å². The van der Waals surface area contributed by atoms with E-state index in [0.29, 0.717) is 4.57 Å². The molecule has 0 aliphatic carbocycles. The lowest BCUT2D eigenvalue weighted by atomic mass is 10.1. The normalized spacial score (nSPS) is 30.3. The highest BCUT2D eigenvalue weighted by Crippen LogP contribution is 2.57. The Labute approximate surface area is 858 Å². The summed E-state index contributed by atoms with van der Waals surface area (Å²) in [5.74, 6) is -0.467. The predicted octanol–water partition coefficient (Wildman–Crippen LogP) is -5.61. The molecule has 7 aliphatic heterocycles. The van der Waals surface area contributed by atoms with Gasteiger partial charge in [0.05, 0.1) is 88.9 Å². The second-order valence-corrected chi connectivity index (χ2v) is 53.1. The Morgan fingerprint density at radius 2 is 0.694 bits per heavy atom. The highest BCUT2D eigenvalue weighted by Gasteiger charge is 2.53. The van der Waals surface area contributed by atoms with Crippen LogP contribution in [0.3, 0.4) is 0 Å². The Bertz CT molecular complexity index is 7620. The smallest absolute Gasteiger partial charge is 0.330 e. The summed E-state index contributed by atoms with van der Waals surface area (Å²) in [6, 6.07) is 0. The zero-order chi connectivity index (χ0) is 106. The van der Waals surface area contributed by atoms with Gasteiger partial charge in [0.2, 0.25) is 5.95 Å². The van der Waals surface area contributed by atoms with Crippen molar-refractivity contribution in [2.45, 2.75) is 221 Å². The summed E-state index contributed by atoms with van der Waals surface area (Å²) in [5, 5.41) is 23.7. The zero-order valence-corrected chi connectivity index (χ0v) is 88.7. The molecule has 806 valence electrons. The van der Waals surface area contributed by atoms with Crippen LogP contribution < -0.4 is 103 Å². The third kappa shape index (κ3) is 26.1. The number of anilines is 2. The van der Waals surface area contributed by atoms with E-state index in [0.717, 1.165) is 69.1 Å². The van der Waals surface area contributed by atoms with Crippen LogP contribution in [0.5, 0.6) is 0 Å². The molecule has 9 unspecified atom stereocenters. The molecule has 61 nitrogen and oxygen atoms in total. The SMILES string of the molecule is CC[C@H]1O[C@@H](n2cc(C)c(=O)[nH]c2=O)C[C@H]1OP([O-])(=S)OC[C@H]1O[C@@H](n2cc(C)c(=O)[nH]c2=O)C[C@H]1OP(=O)([S-])OC[C@H]1O[C@@H](n2cc(C)c(=O)[nH]c2=O)C[C@H]1OP([O-])(=S)OC[C@H]1O[C@@H](n2cnc3c(=O)[nH]c(N)nc32)C[C@H]1OP([O-])(=S)OC[C@H]1O[C@@H](n2cc(C)c(=O)[nH]c2=O)C[C@H]1OP([O-])(=S)OC[C@H]1O[C@@H](n2cc(C)c(=O)[nH]c2=O)C(O)[C@H]1OP([O-])(=S)OC[C@H]1O[C@@H](n2cnc3c(N)ncnc32)C(O)[C@H]1OP([O-])(=S)OC. The number of aromatic nitrogens is 18. The Morgan fingerprint density at radius 1 is 0.388 bits per heavy atom. The Hall–Kier alpha value is -6.78. The third-order valence-corrected chi connectivity index (χ3v) is 35.1. The molecule has 0 spiro atoms. The second-order valence-electron chi connectivity index (χ2n) is 34.0.